The number of halogens is 3. The van der Waals surface area contributed by atoms with Gasteiger partial charge < -0.3 is 10.0 Å². The van der Waals surface area contributed by atoms with E-state index >= 15 is 0 Å². The molecule has 0 spiro atoms. The smallest absolute Gasteiger partial charge is 0.393 e. The van der Waals surface area contributed by atoms with Gasteiger partial charge in [0, 0.05) is 25.1 Å². The number of rotatable bonds is 3. The number of hydrazine groups is 1. The van der Waals surface area contributed by atoms with Crippen LogP contribution >= 0.6 is 0 Å². The number of aliphatic hydroxyl groups excluding tert-OH is 1. The van der Waals surface area contributed by atoms with Gasteiger partial charge in [-0.2, -0.15) is 13.2 Å². The number of carbonyl (C=O) groups is 1. The van der Waals surface area contributed by atoms with Crippen LogP contribution in [0, 0.1) is 6.92 Å². The lowest BCUT2D eigenvalue weighted by Crippen LogP contribution is -2.40. The second-order valence-electron chi connectivity index (χ2n) is 7.14. The number of nitrogens with two attached hydrogens (primary N) is 1. The quantitative estimate of drug-likeness (QED) is 0.754. The predicted molar refractivity (Wildman–Crippen MR) is 102 cm³/mol. The molecule has 2 aliphatic rings. The highest BCUT2D eigenvalue weighted by molar-refractivity contribution is 6.10. The molecule has 1 aromatic carbocycles. The molecule has 0 radical (unpaired) electrons. The van der Waals surface area contributed by atoms with Gasteiger partial charge in [0.05, 0.1) is 11.8 Å². The number of piperidine rings is 1. The summed E-state index contributed by atoms with van der Waals surface area (Å²) in [6, 6.07) is 6.98. The number of aliphatic imine (C=N–C) groups is 1. The zero-order valence-corrected chi connectivity index (χ0v) is 16.0. The van der Waals surface area contributed by atoms with E-state index in [1.807, 2.05) is 13.0 Å². The molecule has 1 saturated heterocycles. The number of nitrogens with zero attached hydrogens (tertiary/aromatic N) is 3. The fraction of sp³-hybridized carbons (Fsp3) is 0.400. The van der Waals surface area contributed by atoms with E-state index in [0.717, 1.165) is 11.6 Å². The number of hydrogen-bond acceptors (Lipinski definition) is 5. The minimum absolute atomic E-state index is 0.127. The normalized spacial score (nSPS) is 20.0. The Labute approximate surface area is 166 Å². The Balaban J connectivity index is 1.87. The van der Waals surface area contributed by atoms with Crippen molar-refractivity contribution < 1.29 is 23.1 Å². The maximum atomic E-state index is 13.5. The van der Waals surface area contributed by atoms with E-state index in [1.54, 1.807) is 23.1 Å². The summed E-state index contributed by atoms with van der Waals surface area (Å²) in [5.74, 6) is 5.29. The van der Waals surface area contributed by atoms with Gasteiger partial charge in [0.1, 0.15) is 11.5 Å². The van der Waals surface area contributed by atoms with Crippen LogP contribution in [0.15, 0.2) is 52.9 Å². The standard InChI is InChI=1S/C20H23F3N4O2/c1-13-3-2-4-14(11-13)16-12-17(20(21,22)23)27(24)18(25-16)5-6-19(29)26-9-7-15(28)8-10-26/h2-5,11-12,15,28H,6-10,24H2,1H3/b18-5-. The average molecular weight is 408 g/mol. The summed E-state index contributed by atoms with van der Waals surface area (Å²) in [6.45, 7) is 2.67. The van der Waals surface area contributed by atoms with Crippen LogP contribution in [0.5, 0.6) is 0 Å². The largest absolute Gasteiger partial charge is 0.433 e. The molecule has 9 heteroatoms. The molecule has 0 unspecified atom stereocenters. The Morgan fingerprint density at radius 1 is 1.34 bits per heavy atom. The van der Waals surface area contributed by atoms with Gasteiger partial charge in [-0.25, -0.2) is 10.8 Å². The number of hydrogen-bond donors (Lipinski definition) is 2. The summed E-state index contributed by atoms with van der Waals surface area (Å²) in [5.41, 5.74) is 0.490. The SMILES string of the molecule is Cc1cccc(C2=N/C(=C/CC(=O)N3CCC(O)CC3)N(N)C(C(F)(F)F)=C2)c1. The number of benzene rings is 1. The lowest BCUT2D eigenvalue weighted by molar-refractivity contribution is -0.132. The summed E-state index contributed by atoms with van der Waals surface area (Å²) in [5, 5.41) is 10.0. The molecule has 0 bridgehead atoms. The van der Waals surface area contributed by atoms with Crippen molar-refractivity contribution in [1.82, 2.24) is 9.91 Å². The molecule has 29 heavy (non-hydrogen) atoms. The van der Waals surface area contributed by atoms with Crippen LogP contribution in [-0.2, 0) is 4.79 Å². The Bertz CT molecular complexity index is 869. The van der Waals surface area contributed by atoms with Gasteiger partial charge in [-0.1, -0.05) is 23.8 Å². The number of amides is 1. The average Bonchev–Trinajstić information content (AvgIpc) is 2.66. The number of carbonyl (C=O) groups excluding carboxylic acids is 1. The zero-order valence-electron chi connectivity index (χ0n) is 16.0. The molecule has 6 nitrogen and oxygen atoms in total. The molecule has 3 N–H and O–H groups in total. The lowest BCUT2D eigenvalue weighted by atomic mass is 10.0. The first-order chi connectivity index (χ1) is 13.6. The van der Waals surface area contributed by atoms with Crippen molar-refractivity contribution in [2.75, 3.05) is 13.1 Å². The van der Waals surface area contributed by atoms with Crippen LogP contribution in [-0.4, -0.2) is 52.0 Å². The Kier molecular flexibility index (Phi) is 6.09. The molecule has 0 atom stereocenters. The van der Waals surface area contributed by atoms with Crippen LogP contribution in [0.1, 0.15) is 30.4 Å². The van der Waals surface area contributed by atoms with Gasteiger partial charge in [0.2, 0.25) is 5.91 Å². The molecule has 3 rings (SSSR count). The Morgan fingerprint density at radius 3 is 2.66 bits per heavy atom. The third-order valence-corrected chi connectivity index (χ3v) is 4.90. The zero-order chi connectivity index (χ0) is 21.2. The summed E-state index contributed by atoms with van der Waals surface area (Å²) >= 11 is 0. The van der Waals surface area contributed by atoms with E-state index in [-0.39, 0.29) is 23.9 Å². The first-order valence-corrected chi connectivity index (χ1v) is 9.30. The minimum Gasteiger partial charge on any atom is -0.393 e. The van der Waals surface area contributed by atoms with Gasteiger partial charge in [-0.3, -0.25) is 9.80 Å². The van der Waals surface area contributed by atoms with Gasteiger partial charge in [-0.15, -0.1) is 0 Å². The molecule has 1 fully saturated rings. The molecule has 2 aliphatic heterocycles. The van der Waals surface area contributed by atoms with Crippen LogP contribution in [0.25, 0.3) is 0 Å². The molecule has 1 amide bonds. The van der Waals surface area contributed by atoms with Gasteiger partial charge in [-0.05, 0) is 38.0 Å². The predicted octanol–water partition coefficient (Wildman–Crippen LogP) is 2.63. The van der Waals surface area contributed by atoms with E-state index < -0.39 is 18.0 Å². The first-order valence-electron chi connectivity index (χ1n) is 9.30. The van der Waals surface area contributed by atoms with E-state index in [1.165, 1.54) is 6.08 Å². The molecule has 0 aromatic heterocycles. The van der Waals surface area contributed by atoms with Crippen molar-refractivity contribution in [2.24, 2.45) is 10.8 Å². The third-order valence-electron chi connectivity index (χ3n) is 4.90. The van der Waals surface area contributed by atoms with Crippen LogP contribution in [0.3, 0.4) is 0 Å². The van der Waals surface area contributed by atoms with Crippen molar-refractivity contribution in [3.8, 4) is 0 Å². The molecular weight excluding hydrogens is 385 g/mol. The maximum absolute atomic E-state index is 13.5. The summed E-state index contributed by atoms with van der Waals surface area (Å²) in [7, 11) is 0. The number of allylic oxidation sites excluding steroid dienone is 2. The van der Waals surface area contributed by atoms with Crippen LogP contribution in [0.2, 0.25) is 0 Å². The first kappa shape index (κ1) is 21.1. The van der Waals surface area contributed by atoms with Crippen molar-refractivity contribution >= 4 is 11.6 Å². The second kappa shape index (κ2) is 8.38. The summed E-state index contributed by atoms with van der Waals surface area (Å²) in [4.78, 5) is 18.2. The maximum Gasteiger partial charge on any atom is 0.433 e. The van der Waals surface area contributed by atoms with E-state index in [0.29, 0.717) is 36.5 Å². The topological polar surface area (TPSA) is 82.2 Å². The summed E-state index contributed by atoms with van der Waals surface area (Å²) < 4.78 is 40.5. The van der Waals surface area contributed by atoms with E-state index in [9.17, 15) is 23.1 Å². The monoisotopic (exact) mass is 408 g/mol. The van der Waals surface area contributed by atoms with Crippen molar-refractivity contribution in [1.29, 1.82) is 0 Å². The van der Waals surface area contributed by atoms with Crippen LogP contribution in [0.4, 0.5) is 13.2 Å². The van der Waals surface area contributed by atoms with Crippen molar-refractivity contribution in [3.63, 3.8) is 0 Å². The highest BCUT2D eigenvalue weighted by atomic mass is 19.4. The summed E-state index contributed by atoms with van der Waals surface area (Å²) in [6.07, 6.45) is -2.04. The molecule has 0 saturated carbocycles. The number of aliphatic hydroxyl groups is 1. The Morgan fingerprint density at radius 2 is 2.03 bits per heavy atom. The number of likely N-dealkylation sites (tertiary alicyclic amines) is 1. The third kappa shape index (κ3) is 5.04. The molecule has 0 aliphatic carbocycles. The van der Waals surface area contributed by atoms with Gasteiger partial charge >= 0.3 is 6.18 Å². The number of aryl methyl sites for hydroxylation is 1. The fourth-order valence-electron chi connectivity index (χ4n) is 3.27. The molecule has 1 aromatic rings. The minimum atomic E-state index is -4.67. The van der Waals surface area contributed by atoms with Gasteiger partial charge in [0.15, 0.2) is 0 Å². The van der Waals surface area contributed by atoms with E-state index in [4.69, 9.17) is 5.84 Å². The number of alkyl halides is 3. The Hall–Kier alpha value is -2.65. The van der Waals surface area contributed by atoms with Crippen LogP contribution < -0.4 is 5.84 Å². The van der Waals surface area contributed by atoms with Gasteiger partial charge in [0.25, 0.3) is 0 Å². The molecular formula is C20H23F3N4O2. The van der Waals surface area contributed by atoms with Crippen molar-refractivity contribution in [2.45, 2.75) is 38.5 Å². The highest BCUT2D eigenvalue weighted by Gasteiger charge is 2.40. The lowest BCUT2D eigenvalue weighted by Gasteiger charge is -2.30. The van der Waals surface area contributed by atoms with E-state index in [2.05, 4.69) is 4.99 Å². The van der Waals surface area contributed by atoms with Crippen molar-refractivity contribution in [3.05, 3.63) is 59.1 Å². The highest BCUT2D eigenvalue weighted by Crippen LogP contribution is 2.32. The molecule has 2 heterocycles. The fourth-order valence-corrected chi connectivity index (χ4v) is 3.27. The molecule has 156 valence electrons. The second-order valence-corrected chi connectivity index (χ2v) is 7.14.